The van der Waals surface area contributed by atoms with Crippen molar-refractivity contribution in [1.29, 1.82) is 0 Å². The lowest BCUT2D eigenvalue weighted by Gasteiger charge is -1.99. The largest absolute Gasteiger partial charge is 0.385 e. The van der Waals surface area contributed by atoms with Crippen LogP contribution in [0.4, 0.5) is 0 Å². The Kier molecular flexibility index (Phi) is 6.45. The molecule has 1 N–H and O–H groups in total. The number of unbranched alkanes of at least 4 members (excludes halogenated alkanes) is 1. The predicted octanol–water partition coefficient (Wildman–Crippen LogP) is 3.90. The number of methoxy groups -OCH3 is 1. The van der Waals surface area contributed by atoms with E-state index in [-0.39, 0.29) is 17.5 Å². The Morgan fingerprint density at radius 3 is 2.83 bits per heavy atom. The first kappa shape index (κ1) is 18.1. The van der Waals surface area contributed by atoms with Gasteiger partial charge in [-0.05, 0) is 12.5 Å². The number of rotatable bonds is 5. The summed E-state index contributed by atoms with van der Waals surface area (Å²) in [5.41, 5.74) is 1.21. The van der Waals surface area contributed by atoms with Gasteiger partial charge in [0.1, 0.15) is 5.65 Å². The molecule has 0 aliphatic rings. The lowest BCUT2D eigenvalue weighted by Crippen LogP contribution is -1.92. The van der Waals surface area contributed by atoms with Crippen molar-refractivity contribution < 1.29 is 14.1 Å². The van der Waals surface area contributed by atoms with Gasteiger partial charge in [-0.3, -0.25) is 4.79 Å². The number of hydrogen-bond donors (Lipinski definition) is 1. The van der Waals surface area contributed by atoms with E-state index in [0.717, 1.165) is 12.0 Å². The van der Waals surface area contributed by atoms with Crippen LogP contribution in [0.1, 0.15) is 37.4 Å². The molecule has 0 aliphatic heterocycles. The van der Waals surface area contributed by atoms with E-state index >= 15 is 0 Å². The average molecular weight is 351 g/mol. The number of H-pyrrole nitrogens is 1. The molecule has 3 heterocycles. The second kappa shape index (κ2) is 8.56. The van der Waals surface area contributed by atoms with Crippen LogP contribution >= 0.6 is 11.6 Å². The van der Waals surface area contributed by atoms with Gasteiger partial charge < -0.3 is 14.2 Å². The number of nitrogens with zero attached hydrogens (tertiary/aromatic N) is 3. The van der Waals surface area contributed by atoms with Gasteiger partial charge in [-0.25, -0.2) is 4.98 Å². The number of nitrogens with one attached hydrogen (secondary N) is 1. The zero-order chi connectivity index (χ0) is 17.5. The Morgan fingerprint density at radius 2 is 2.25 bits per heavy atom. The first-order valence-electron chi connectivity index (χ1n) is 7.54. The minimum atomic E-state index is -0.291. The van der Waals surface area contributed by atoms with Gasteiger partial charge in [-0.15, -0.1) is 0 Å². The molecule has 7 nitrogen and oxygen atoms in total. The van der Waals surface area contributed by atoms with Crippen LogP contribution < -0.4 is 0 Å². The second-order valence-electron chi connectivity index (χ2n) is 5.05. The van der Waals surface area contributed by atoms with Gasteiger partial charge in [0.05, 0.1) is 10.6 Å². The Labute approximate surface area is 144 Å². The van der Waals surface area contributed by atoms with E-state index in [2.05, 4.69) is 27.0 Å². The highest BCUT2D eigenvalue weighted by Gasteiger charge is 2.16. The number of carbonyl (C=O) groups is 1. The lowest BCUT2D eigenvalue weighted by atomic mass is 10.2. The van der Waals surface area contributed by atoms with Crippen LogP contribution in [0, 0.1) is 0 Å². The minimum absolute atomic E-state index is 0.0461. The van der Waals surface area contributed by atoms with Gasteiger partial charge in [-0.2, -0.15) is 4.98 Å². The van der Waals surface area contributed by atoms with Crippen molar-refractivity contribution in [3.05, 3.63) is 29.4 Å². The molecule has 0 spiro atoms. The number of aromatic nitrogens is 4. The smallest absolute Gasteiger partial charge is 0.294 e. The summed E-state index contributed by atoms with van der Waals surface area (Å²) in [5.74, 6) is -0.0865. The molecule has 0 aliphatic carbocycles. The van der Waals surface area contributed by atoms with E-state index in [1.54, 1.807) is 19.4 Å². The van der Waals surface area contributed by atoms with Crippen molar-refractivity contribution >= 4 is 28.4 Å². The molecule has 3 aromatic heterocycles. The summed E-state index contributed by atoms with van der Waals surface area (Å²) in [6.07, 6.45) is 5.70. The number of aromatic amines is 1. The Hall–Kier alpha value is -2.25. The molecule has 0 saturated carbocycles. The van der Waals surface area contributed by atoms with E-state index in [0.29, 0.717) is 16.2 Å². The van der Waals surface area contributed by atoms with Crippen LogP contribution in [0.25, 0.3) is 22.4 Å². The maximum absolute atomic E-state index is 11.1. The third-order valence-electron chi connectivity index (χ3n) is 3.19. The van der Waals surface area contributed by atoms with E-state index < -0.39 is 0 Å². The molecule has 0 atom stereocenters. The van der Waals surface area contributed by atoms with Crippen LogP contribution in [-0.2, 0) is 4.74 Å². The van der Waals surface area contributed by atoms with E-state index in [1.807, 2.05) is 0 Å². The van der Waals surface area contributed by atoms with Gasteiger partial charge in [0, 0.05) is 38.4 Å². The Bertz CT molecular complexity index is 809. The molecule has 0 fully saturated rings. The highest BCUT2D eigenvalue weighted by Crippen LogP contribution is 2.30. The maximum Gasteiger partial charge on any atom is 0.294 e. The number of pyridine rings is 1. The number of hydrogen-bond acceptors (Lipinski definition) is 6. The maximum atomic E-state index is 11.1. The Balaban J connectivity index is 0.000000301. The lowest BCUT2D eigenvalue weighted by molar-refractivity contribution is 0.0972. The quantitative estimate of drug-likeness (QED) is 0.554. The van der Waals surface area contributed by atoms with E-state index in [9.17, 15) is 4.79 Å². The minimum Gasteiger partial charge on any atom is -0.385 e. The number of halogens is 1. The van der Waals surface area contributed by atoms with Crippen LogP contribution in [0.3, 0.4) is 0 Å². The van der Waals surface area contributed by atoms with Crippen LogP contribution in [0.2, 0.25) is 5.02 Å². The molecule has 0 radical (unpaired) electrons. The summed E-state index contributed by atoms with van der Waals surface area (Å²) in [7, 11) is 1.73. The van der Waals surface area contributed by atoms with Crippen LogP contribution in [-0.4, -0.2) is 39.6 Å². The molecule has 0 aromatic carbocycles. The summed E-state index contributed by atoms with van der Waals surface area (Å²) < 4.78 is 9.61. The van der Waals surface area contributed by atoms with Gasteiger partial charge in [0.25, 0.3) is 5.89 Å². The topological polar surface area (TPSA) is 93.9 Å². The van der Waals surface area contributed by atoms with Crippen molar-refractivity contribution in [3.63, 3.8) is 0 Å². The summed E-state index contributed by atoms with van der Waals surface area (Å²) in [6.45, 7) is 4.42. The molecular weight excluding hydrogens is 332 g/mol. The fraction of sp³-hybridized carbons (Fsp3) is 0.375. The number of ketones is 1. The third-order valence-corrected chi connectivity index (χ3v) is 3.60. The monoisotopic (exact) mass is 350 g/mol. The molecule has 0 bridgehead atoms. The number of carbonyl (C=O) groups excluding carboxylic acids is 1. The highest BCUT2D eigenvalue weighted by molar-refractivity contribution is 6.37. The molecule has 0 saturated heterocycles. The van der Waals surface area contributed by atoms with Crippen molar-refractivity contribution in [3.8, 4) is 11.4 Å². The molecule has 0 amide bonds. The molecule has 3 aromatic rings. The fourth-order valence-electron chi connectivity index (χ4n) is 1.90. The number of ether oxygens (including phenoxy) is 1. The van der Waals surface area contributed by atoms with Gasteiger partial charge >= 0.3 is 0 Å². The average Bonchev–Trinajstić information content (AvgIpc) is 3.23. The molecule has 0 unspecified atom stereocenters. The zero-order valence-electron chi connectivity index (χ0n) is 13.8. The molecule has 128 valence electrons. The van der Waals surface area contributed by atoms with Crippen molar-refractivity contribution in [2.75, 3.05) is 13.7 Å². The van der Waals surface area contributed by atoms with E-state index in [4.69, 9.17) is 20.9 Å². The fourth-order valence-corrected chi connectivity index (χ4v) is 2.18. The third kappa shape index (κ3) is 4.18. The standard InChI is InChI=1S/C11H7ClN4O2.C5H12O/c1-5(17)11-15-10(16-18-11)7-4-14-9-6(8(7)12)2-3-13-9;1-3-4-5-6-2/h2-4H,1H3,(H,13,14);3-5H2,1-2H3. The summed E-state index contributed by atoms with van der Waals surface area (Å²) in [6, 6.07) is 1.81. The predicted molar refractivity (Wildman–Crippen MR) is 91.2 cm³/mol. The SMILES string of the molecule is CC(=O)c1nc(-c2cnc3[nH]ccc3c2Cl)no1.CCCCOC. The molecule has 3 rings (SSSR count). The number of fused-ring (bicyclic) bond motifs is 1. The highest BCUT2D eigenvalue weighted by atomic mass is 35.5. The van der Waals surface area contributed by atoms with Crippen LogP contribution in [0.5, 0.6) is 0 Å². The Morgan fingerprint density at radius 1 is 1.46 bits per heavy atom. The summed E-state index contributed by atoms with van der Waals surface area (Å²) in [5, 5.41) is 4.95. The van der Waals surface area contributed by atoms with Crippen LogP contribution in [0.15, 0.2) is 23.0 Å². The van der Waals surface area contributed by atoms with Crippen molar-refractivity contribution in [1.82, 2.24) is 20.1 Å². The zero-order valence-corrected chi connectivity index (χ0v) is 14.6. The van der Waals surface area contributed by atoms with E-state index in [1.165, 1.54) is 26.0 Å². The van der Waals surface area contributed by atoms with Crippen molar-refractivity contribution in [2.24, 2.45) is 0 Å². The molecular formula is C16H19ClN4O3. The van der Waals surface area contributed by atoms with Gasteiger partial charge in [0.15, 0.2) is 0 Å². The first-order valence-corrected chi connectivity index (χ1v) is 7.91. The summed E-state index contributed by atoms with van der Waals surface area (Å²) >= 11 is 6.24. The number of Topliss-reactive ketones (excluding diaryl/α,β-unsaturated/α-hetero) is 1. The van der Waals surface area contributed by atoms with Gasteiger partial charge in [0.2, 0.25) is 11.6 Å². The van der Waals surface area contributed by atoms with Crippen molar-refractivity contribution in [2.45, 2.75) is 26.7 Å². The second-order valence-corrected chi connectivity index (χ2v) is 5.43. The first-order chi connectivity index (χ1) is 11.6. The molecule has 8 heteroatoms. The normalized spacial score (nSPS) is 10.5. The summed E-state index contributed by atoms with van der Waals surface area (Å²) in [4.78, 5) is 22.2. The van der Waals surface area contributed by atoms with Gasteiger partial charge in [-0.1, -0.05) is 30.1 Å². The molecule has 24 heavy (non-hydrogen) atoms.